The van der Waals surface area contributed by atoms with Gasteiger partial charge in [0, 0.05) is 25.3 Å². The molecule has 0 bridgehead atoms. The van der Waals surface area contributed by atoms with E-state index in [-0.39, 0.29) is 23.7 Å². The fourth-order valence-corrected chi connectivity index (χ4v) is 5.33. The number of aliphatic hydroxyl groups excluding tert-OH is 1. The summed E-state index contributed by atoms with van der Waals surface area (Å²) in [6.07, 6.45) is 3.66. The first kappa shape index (κ1) is 24.2. The van der Waals surface area contributed by atoms with Crippen molar-refractivity contribution in [3.63, 3.8) is 0 Å². The van der Waals surface area contributed by atoms with Gasteiger partial charge in [-0.1, -0.05) is 24.3 Å². The van der Waals surface area contributed by atoms with Crippen LogP contribution in [-0.2, 0) is 4.79 Å². The second-order valence-corrected chi connectivity index (χ2v) is 10.7. The molecular formula is C30H34FN3O3. The summed E-state index contributed by atoms with van der Waals surface area (Å²) in [5, 5.41) is 16.3. The fraction of sp³-hybridized carbons (Fsp3) is 0.433. The van der Waals surface area contributed by atoms with Crippen LogP contribution in [0.25, 0.3) is 10.8 Å². The Bertz CT molecular complexity index is 1260. The maximum absolute atomic E-state index is 13.5. The number of anilines is 1. The van der Waals surface area contributed by atoms with Crippen molar-refractivity contribution in [2.45, 2.75) is 43.9 Å². The Morgan fingerprint density at radius 2 is 1.76 bits per heavy atom. The van der Waals surface area contributed by atoms with Crippen molar-refractivity contribution in [3.8, 4) is 5.75 Å². The first-order valence-corrected chi connectivity index (χ1v) is 13.4. The van der Waals surface area contributed by atoms with E-state index in [1.165, 1.54) is 12.1 Å². The molecule has 2 saturated heterocycles. The van der Waals surface area contributed by atoms with Gasteiger partial charge >= 0.3 is 0 Å². The lowest BCUT2D eigenvalue weighted by Gasteiger charge is -2.36. The zero-order chi connectivity index (χ0) is 25.4. The van der Waals surface area contributed by atoms with Gasteiger partial charge in [0.25, 0.3) is 0 Å². The van der Waals surface area contributed by atoms with Crippen LogP contribution in [0, 0.1) is 11.7 Å². The van der Waals surface area contributed by atoms with Gasteiger partial charge in [0.2, 0.25) is 5.91 Å². The zero-order valence-corrected chi connectivity index (χ0v) is 21.0. The molecule has 1 aliphatic carbocycles. The molecule has 1 amide bonds. The van der Waals surface area contributed by atoms with E-state index in [9.17, 15) is 14.3 Å². The number of aliphatic hydroxyl groups is 1. The second kappa shape index (κ2) is 10.3. The number of hydrogen-bond donors (Lipinski definition) is 2. The van der Waals surface area contributed by atoms with Crippen LogP contribution >= 0.6 is 0 Å². The topological polar surface area (TPSA) is 65.0 Å². The first-order chi connectivity index (χ1) is 18.0. The van der Waals surface area contributed by atoms with E-state index in [0.717, 1.165) is 73.1 Å². The predicted octanol–water partition coefficient (Wildman–Crippen LogP) is 4.27. The molecule has 6 nitrogen and oxygen atoms in total. The van der Waals surface area contributed by atoms with Crippen molar-refractivity contribution >= 4 is 22.4 Å². The third-order valence-electron chi connectivity index (χ3n) is 7.87. The average molecular weight is 504 g/mol. The maximum Gasteiger partial charge on any atom is 0.225 e. The van der Waals surface area contributed by atoms with Crippen molar-refractivity contribution < 1.29 is 19.0 Å². The third-order valence-corrected chi connectivity index (χ3v) is 7.87. The van der Waals surface area contributed by atoms with Crippen molar-refractivity contribution in [3.05, 3.63) is 72.0 Å². The number of rotatable bonds is 9. The molecule has 2 N–H and O–H groups in total. The number of fused-ring (bicyclic) bond motifs is 1. The summed E-state index contributed by atoms with van der Waals surface area (Å²) in [5.41, 5.74) is 1.83. The minimum absolute atomic E-state index is 0.0105. The Balaban J connectivity index is 1.11. The number of carbonyl (C=O) groups is 1. The van der Waals surface area contributed by atoms with E-state index in [0.29, 0.717) is 19.2 Å². The number of nitrogens with zero attached hydrogens (tertiary/aromatic N) is 2. The van der Waals surface area contributed by atoms with E-state index < -0.39 is 6.10 Å². The Kier molecular flexibility index (Phi) is 6.74. The van der Waals surface area contributed by atoms with Crippen LogP contribution in [0.5, 0.6) is 5.75 Å². The van der Waals surface area contributed by atoms with Gasteiger partial charge in [-0.3, -0.25) is 4.79 Å². The van der Waals surface area contributed by atoms with Gasteiger partial charge in [-0.15, -0.1) is 0 Å². The number of likely N-dealkylation sites (tertiary alicyclic amines) is 1. The zero-order valence-electron chi connectivity index (χ0n) is 21.0. The lowest BCUT2D eigenvalue weighted by atomic mass is 9.99. The Morgan fingerprint density at radius 3 is 2.49 bits per heavy atom. The molecule has 3 atom stereocenters. The normalized spacial score (nSPS) is 21.5. The molecule has 1 saturated carbocycles. The van der Waals surface area contributed by atoms with Crippen LogP contribution in [0.4, 0.5) is 10.1 Å². The van der Waals surface area contributed by atoms with Gasteiger partial charge in [0.1, 0.15) is 17.7 Å². The molecule has 0 radical (unpaired) electrons. The Labute approximate surface area is 217 Å². The summed E-state index contributed by atoms with van der Waals surface area (Å²) in [4.78, 5) is 17.8. The largest absolute Gasteiger partial charge is 0.490 e. The van der Waals surface area contributed by atoms with Crippen LogP contribution in [0.3, 0.4) is 0 Å². The summed E-state index contributed by atoms with van der Waals surface area (Å²) < 4.78 is 19.4. The van der Waals surface area contributed by atoms with Crippen LogP contribution < -0.4 is 15.0 Å². The molecule has 3 fully saturated rings. The molecule has 194 valence electrons. The van der Waals surface area contributed by atoms with Crippen LogP contribution in [-0.4, -0.2) is 60.8 Å². The average Bonchev–Trinajstić information content (AvgIpc) is 3.55. The summed E-state index contributed by atoms with van der Waals surface area (Å²) >= 11 is 0. The van der Waals surface area contributed by atoms with Gasteiger partial charge in [-0.05, 0) is 91.5 Å². The van der Waals surface area contributed by atoms with Crippen molar-refractivity contribution in [2.24, 2.45) is 5.92 Å². The number of halogens is 1. The minimum atomic E-state index is -0.794. The summed E-state index contributed by atoms with van der Waals surface area (Å²) in [6.45, 7) is 4.03. The highest BCUT2D eigenvalue weighted by molar-refractivity contribution is 5.86. The van der Waals surface area contributed by atoms with Gasteiger partial charge in [0.15, 0.2) is 0 Å². The molecule has 0 unspecified atom stereocenters. The molecule has 0 aromatic heterocycles. The van der Waals surface area contributed by atoms with Gasteiger partial charge in [-0.2, -0.15) is 0 Å². The first-order valence-electron chi connectivity index (χ1n) is 13.4. The van der Waals surface area contributed by atoms with E-state index in [1.807, 2.05) is 36.4 Å². The summed E-state index contributed by atoms with van der Waals surface area (Å²) in [6, 6.07) is 18.0. The maximum atomic E-state index is 13.5. The second-order valence-electron chi connectivity index (χ2n) is 10.7. The lowest BCUT2D eigenvalue weighted by molar-refractivity contribution is -0.126. The Morgan fingerprint density at radius 1 is 1.00 bits per heavy atom. The number of carbonyl (C=O) groups excluding carboxylic acids is 1. The molecule has 2 aliphatic heterocycles. The number of amides is 1. The van der Waals surface area contributed by atoms with Gasteiger partial charge in [-0.25, -0.2) is 4.39 Å². The molecule has 3 aliphatic rings. The molecule has 7 heteroatoms. The Hall–Kier alpha value is -3.16. The highest BCUT2D eigenvalue weighted by Crippen LogP contribution is 2.30. The smallest absolute Gasteiger partial charge is 0.225 e. The quantitative estimate of drug-likeness (QED) is 0.457. The minimum Gasteiger partial charge on any atom is -0.490 e. The lowest BCUT2D eigenvalue weighted by Crippen LogP contribution is -2.52. The van der Waals surface area contributed by atoms with Crippen molar-refractivity contribution in [1.29, 1.82) is 0 Å². The molecule has 6 rings (SSSR count). The van der Waals surface area contributed by atoms with E-state index in [1.54, 1.807) is 6.07 Å². The van der Waals surface area contributed by atoms with Crippen LogP contribution in [0.2, 0.25) is 0 Å². The summed E-state index contributed by atoms with van der Waals surface area (Å²) in [7, 11) is 0. The van der Waals surface area contributed by atoms with E-state index >= 15 is 0 Å². The summed E-state index contributed by atoms with van der Waals surface area (Å²) in [5.74, 6) is 0.426. The van der Waals surface area contributed by atoms with Crippen molar-refractivity contribution in [2.75, 3.05) is 37.6 Å². The standard InChI is InChI=1S/C30H34FN3O3/c31-24-6-2-22-17-25(7-3-21(22)16-24)34-15-12-23(18-34)30(36)32-28(19-33-13-1-14-33)29(35)20-4-8-26(9-5-20)37-27-10-11-27/h2-9,16-17,23,27-29,35H,1,10-15,18-19H2,(H,32,36)/t23-,28-,29-/m1/s1. The van der Waals surface area contributed by atoms with E-state index in [2.05, 4.69) is 21.2 Å². The SMILES string of the molecule is O=C(N[C@H](CN1CCC1)[C@H](O)c1ccc(OC2CC2)cc1)[C@@H]1CCN(c2ccc3cc(F)ccc3c2)C1. The van der Waals surface area contributed by atoms with Crippen LogP contribution in [0.15, 0.2) is 60.7 Å². The highest BCUT2D eigenvalue weighted by Gasteiger charge is 2.33. The number of ether oxygens (including phenoxy) is 1. The number of hydrogen-bond acceptors (Lipinski definition) is 5. The van der Waals surface area contributed by atoms with E-state index in [4.69, 9.17) is 4.74 Å². The fourth-order valence-electron chi connectivity index (χ4n) is 5.33. The predicted molar refractivity (Wildman–Crippen MR) is 142 cm³/mol. The van der Waals surface area contributed by atoms with Crippen LogP contribution in [0.1, 0.15) is 37.4 Å². The van der Waals surface area contributed by atoms with Crippen molar-refractivity contribution in [1.82, 2.24) is 10.2 Å². The molecular weight excluding hydrogens is 469 g/mol. The molecule has 2 heterocycles. The molecule has 0 spiro atoms. The molecule has 3 aromatic rings. The molecule has 3 aromatic carbocycles. The third kappa shape index (κ3) is 5.58. The number of nitrogens with one attached hydrogen (secondary N) is 1. The van der Waals surface area contributed by atoms with Gasteiger partial charge in [0.05, 0.1) is 18.1 Å². The monoisotopic (exact) mass is 503 g/mol. The highest BCUT2D eigenvalue weighted by atomic mass is 19.1. The number of benzene rings is 3. The van der Waals surface area contributed by atoms with Gasteiger partial charge < -0.3 is 25.0 Å². The molecule has 37 heavy (non-hydrogen) atoms.